The summed E-state index contributed by atoms with van der Waals surface area (Å²) in [6, 6.07) is 15.2. The average Bonchev–Trinajstić information content (AvgIpc) is 2.76. The minimum absolute atomic E-state index is 0.0919. The van der Waals surface area contributed by atoms with Crippen LogP contribution in [0.25, 0.3) is 0 Å². The van der Waals surface area contributed by atoms with Gasteiger partial charge in [0.25, 0.3) is 0 Å². The van der Waals surface area contributed by atoms with Crippen molar-refractivity contribution in [1.29, 1.82) is 0 Å². The van der Waals surface area contributed by atoms with Crippen molar-refractivity contribution in [3.05, 3.63) is 95.3 Å². The quantitative estimate of drug-likeness (QED) is 0.376. The van der Waals surface area contributed by atoms with Crippen LogP contribution in [0, 0.1) is 0 Å². The Morgan fingerprint density at radius 3 is 2.77 bits per heavy atom. The first kappa shape index (κ1) is 20.3. The highest BCUT2D eigenvalue weighted by Gasteiger charge is 2.38. The number of phenolic OH excluding ortho intramolecular Hbond substituents is 2. The standard InChI is InChI=1S/C24H21N3O4/c1-15(28)24(31)10-9-21(23-20(24)6-3-11-25-23)27-26-18-5-2-4-16(13-18)12-17-14-19(29)7-8-22(17)30/h2-11,13-14,26,29-31H,12H2,1H3. The van der Waals surface area contributed by atoms with Crippen LogP contribution in [0.1, 0.15) is 29.3 Å². The zero-order valence-electron chi connectivity index (χ0n) is 16.8. The molecule has 0 spiro atoms. The van der Waals surface area contributed by atoms with Gasteiger partial charge < -0.3 is 15.3 Å². The van der Waals surface area contributed by atoms with Gasteiger partial charge in [0.05, 0.1) is 11.4 Å². The number of nitrogens with one attached hydrogen (secondary N) is 1. The number of benzene rings is 2. The molecule has 0 aliphatic heterocycles. The molecule has 1 aliphatic carbocycles. The van der Waals surface area contributed by atoms with Gasteiger partial charge >= 0.3 is 0 Å². The van der Waals surface area contributed by atoms with E-state index >= 15 is 0 Å². The second-order valence-electron chi connectivity index (χ2n) is 7.35. The normalized spacial score (nSPS) is 18.6. The number of hydrazone groups is 1. The Bertz CT molecular complexity index is 1220. The van der Waals surface area contributed by atoms with Crippen molar-refractivity contribution < 1.29 is 20.1 Å². The second-order valence-corrected chi connectivity index (χ2v) is 7.35. The number of carbonyl (C=O) groups is 1. The van der Waals surface area contributed by atoms with Gasteiger partial charge in [-0.3, -0.25) is 15.2 Å². The molecule has 7 nitrogen and oxygen atoms in total. The highest BCUT2D eigenvalue weighted by atomic mass is 16.3. The number of fused-ring (bicyclic) bond motifs is 1. The molecule has 7 heteroatoms. The van der Waals surface area contributed by atoms with Crippen molar-refractivity contribution in [2.24, 2.45) is 5.10 Å². The molecule has 1 atom stereocenters. The number of aromatic hydroxyl groups is 2. The number of anilines is 1. The predicted octanol–water partition coefficient (Wildman–Crippen LogP) is 3.25. The Kier molecular flexibility index (Phi) is 5.27. The predicted molar refractivity (Wildman–Crippen MR) is 117 cm³/mol. The van der Waals surface area contributed by atoms with E-state index in [2.05, 4.69) is 15.5 Å². The molecule has 0 bridgehead atoms. The van der Waals surface area contributed by atoms with Gasteiger partial charge in [-0.25, -0.2) is 0 Å². The SMILES string of the molecule is CC(=O)C1(O)C=CC(=NNc2cccc(Cc3cc(O)ccc3O)c2)c2ncccc21. The van der Waals surface area contributed by atoms with E-state index in [4.69, 9.17) is 0 Å². The Morgan fingerprint density at radius 2 is 1.97 bits per heavy atom. The van der Waals surface area contributed by atoms with E-state index in [1.54, 1.807) is 24.4 Å². The number of nitrogens with zero attached hydrogens (tertiary/aromatic N) is 2. The molecule has 4 N–H and O–H groups in total. The Labute approximate surface area is 179 Å². The summed E-state index contributed by atoms with van der Waals surface area (Å²) in [5.41, 5.74) is 4.80. The van der Waals surface area contributed by atoms with Crippen molar-refractivity contribution in [1.82, 2.24) is 4.98 Å². The first-order valence-electron chi connectivity index (χ1n) is 9.69. The Morgan fingerprint density at radius 1 is 1.13 bits per heavy atom. The minimum Gasteiger partial charge on any atom is -0.508 e. The summed E-state index contributed by atoms with van der Waals surface area (Å²) in [4.78, 5) is 16.3. The third kappa shape index (κ3) is 4.04. The number of phenols is 2. The fourth-order valence-electron chi connectivity index (χ4n) is 3.49. The average molecular weight is 415 g/mol. The van der Waals surface area contributed by atoms with Gasteiger partial charge in [0, 0.05) is 23.7 Å². The maximum atomic E-state index is 12.0. The van der Waals surface area contributed by atoms with E-state index in [9.17, 15) is 20.1 Å². The van der Waals surface area contributed by atoms with Crippen LogP contribution in [-0.2, 0) is 16.8 Å². The summed E-state index contributed by atoms with van der Waals surface area (Å²) >= 11 is 0. The first-order chi connectivity index (χ1) is 14.9. The number of allylic oxidation sites excluding steroid dienone is 1. The number of rotatable bonds is 5. The van der Waals surface area contributed by atoms with Crippen LogP contribution in [0.3, 0.4) is 0 Å². The molecule has 4 rings (SSSR count). The number of pyridine rings is 1. The number of carbonyl (C=O) groups excluding carboxylic acids is 1. The highest BCUT2D eigenvalue weighted by Crippen LogP contribution is 2.31. The molecule has 0 fully saturated rings. The van der Waals surface area contributed by atoms with E-state index in [0.717, 1.165) is 5.56 Å². The van der Waals surface area contributed by atoms with Gasteiger partial charge in [-0.1, -0.05) is 18.2 Å². The summed E-state index contributed by atoms with van der Waals surface area (Å²) < 4.78 is 0. The minimum atomic E-state index is -1.72. The van der Waals surface area contributed by atoms with Gasteiger partial charge in [0.1, 0.15) is 17.2 Å². The van der Waals surface area contributed by atoms with E-state index in [1.807, 2.05) is 24.3 Å². The molecule has 1 aliphatic rings. The van der Waals surface area contributed by atoms with Crippen LogP contribution in [-0.4, -0.2) is 31.8 Å². The number of Topliss-reactive ketones (excluding diaryl/α,β-unsaturated/α-hetero) is 1. The third-order valence-electron chi connectivity index (χ3n) is 5.17. The summed E-state index contributed by atoms with van der Waals surface area (Å²) in [5, 5.41) is 34.8. The van der Waals surface area contributed by atoms with Crippen molar-refractivity contribution in [2.75, 3.05) is 5.43 Å². The van der Waals surface area contributed by atoms with E-state index in [1.165, 1.54) is 31.2 Å². The van der Waals surface area contributed by atoms with Gasteiger partial charge in [0.15, 0.2) is 11.4 Å². The number of ketones is 1. The van der Waals surface area contributed by atoms with E-state index in [0.29, 0.717) is 34.6 Å². The molecule has 0 saturated carbocycles. The topological polar surface area (TPSA) is 115 Å². The molecule has 0 saturated heterocycles. The van der Waals surface area contributed by atoms with Crippen molar-refractivity contribution in [3.63, 3.8) is 0 Å². The molecular formula is C24H21N3O4. The fourth-order valence-corrected chi connectivity index (χ4v) is 3.49. The van der Waals surface area contributed by atoms with Gasteiger partial charge in [-0.05, 0) is 61.0 Å². The smallest absolute Gasteiger partial charge is 0.169 e. The molecule has 2 aromatic carbocycles. The molecule has 3 aromatic rings. The lowest BCUT2D eigenvalue weighted by Gasteiger charge is -2.27. The van der Waals surface area contributed by atoms with Crippen LogP contribution in [0.5, 0.6) is 11.5 Å². The van der Waals surface area contributed by atoms with Crippen LogP contribution >= 0.6 is 0 Å². The summed E-state index contributed by atoms with van der Waals surface area (Å²) in [7, 11) is 0. The molecule has 0 radical (unpaired) electrons. The highest BCUT2D eigenvalue weighted by molar-refractivity contribution is 6.12. The van der Waals surface area contributed by atoms with Crippen LogP contribution in [0.2, 0.25) is 0 Å². The first-order valence-corrected chi connectivity index (χ1v) is 9.69. The fraction of sp³-hybridized carbons (Fsp3) is 0.125. The van der Waals surface area contributed by atoms with Crippen molar-refractivity contribution in [3.8, 4) is 11.5 Å². The maximum absolute atomic E-state index is 12.0. The Hall–Kier alpha value is -3.97. The lowest BCUT2D eigenvalue weighted by molar-refractivity contribution is -0.131. The molecule has 156 valence electrons. The molecule has 0 amide bonds. The molecular weight excluding hydrogens is 394 g/mol. The number of aromatic nitrogens is 1. The molecule has 1 unspecified atom stereocenters. The Balaban J connectivity index is 1.59. The van der Waals surface area contributed by atoms with Crippen molar-refractivity contribution in [2.45, 2.75) is 18.9 Å². The summed E-state index contributed by atoms with van der Waals surface area (Å²) in [6.07, 6.45) is 5.00. The molecule has 31 heavy (non-hydrogen) atoms. The third-order valence-corrected chi connectivity index (χ3v) is 5.17. The zero-order valence-corrected chi connectivity index (χ0v) is 16.8. The van der Waals surface area contributed by atoms with Crippen LogP contribution < -0.4 is 5.43 Å². The lowest BCUT2D eigenvalue weighted by Crippen LogP contribution is -2.36. The molecule has 1 heterocycles. The van der Waals surface area contributed by atoms with Crippen LogP contribution in [0.4, 0.5) is 5.69 Å². The summed E-state index contributed by atoms with van der Waals surface area (Å²) in [6.45, 7) is 1.33. The summed E-state index contributed by atoms with van der Waals surface area (Å²) in [5.74, 6) is -0.188. The van der Waals surface area contributed by atoms with E-state index < -0.39 is 11.4 Å². The van der Waals surface area contributed by atoms with Crippen molar-refractivity contribution >= 4 is 17.2 Å². The zero-order chi connectivity index (χ0) is 22.0. The maximum Gasteiger partial charge on any atom is 0.169 e. The largest absolute Gasteiger partial charge is 0.508 e. The number of hydrogen-bond donors (Lipinski definition) is 4. The monoisotopic (exact) mass is 415 g/mol. The number of aliphatic hydroxyl groups is 1. The van der Waals surface area contributed by atoms with Crippen LogP contribution in [0.15, 0.2) is 78.0 Å². The van der Waals surface area contributed by atoms with Gasteiger partial charge in [-0.15, -0.1) is 0 Å². The second kappa shape index (κ2) is 8.04. The van der Waals surface area contributed by atoms with Gasteiger partial charge in [0.2, 0.25) is 0 Å². The molecule has 1 aromatic heterocycles. The lowest BCUT2D eigenvalue weighted by atomic mass is 9.83. The van der Waals surface area contributed by atoms with E-state index in [-0.39, 0.29) is 11.5 Å². The number of hydrogen-bond acceptors (Lipinski definition) is 7. The van der Waals surface area contributed by atoms with Gasteiger partial charge in [-0.2, -0.15) is 5.10 Å².